The first kappa shape index (κ1) is 18.1. The van der Waals surface area contributed by atoms with Crippen molar-refractivity contribution in [3.8, 4) is 5.75 Å². The van der Waals surface area contributed by atoms with E-state index in [2.05, 4.69) is 10.6 Å². The molecule has 0 heterocycles. The van der Waals surface area contributed by atoms with Crippen LogP contribution in [0, 0.1) is 0 Å². The highest BCUT2D eigenvalue weighted by molar-refractivity contribution is 6.30. The van der Waals surface area contributed by atoms with Crippen molar-refractivity contribution >= 4 is 17.6 Å². The Labute approximate surface area is 146 Å². The Hall–Kier alpha value is -2.24. The van der Waals surface area contributed by atoms with Gasteiger partial charge in [0.25, 0.3) is 0 Å². The first-order valence-electron chi connectivity index (χ1n) is 7.76. The minimum atomic E-state index is -0.788. The van der Waals surface area contributed by atoms with Crippen molar-refractivity contribution in [2.75, 3.05) is 13.2 Å². The van der Waals surface area contributed by atoms with Crippen LogP contribution >= 0.6 is 11.6 Å². The number of benzene rings is 2. The topological polar surface area (TPSA) is 70.6 Å². The number of carbonyl (C=O) groups is 1. The second-order valence-corrected chi connectivity index (χ2v) is 5.61. The second kappa shape index (κ2) is 9.15. The highest BCUT2D eigenvalue weighted by atomic mass is 35.5. The maximum absolute atomic E-state index is 11.9. The minimum Gasteiger partial charge on any atom is -0.494 e. The normalized spacial score (nSPS) is 11.6. The third kappa shape index (κ3) is 5.44. The van der Waals surface area contributed by atoms with Gasteiger partial charge in [-0.25, -0.2) is 4.79 Å². The number of urea groups is 1. The summed E-state index contributed by atoms with van der Waals surface area (Å²) in [7, 11) is 0. The molecule has 0 radical (unpaired) electrons. The Bertz CT molecular complexity index is 662. The quantitative estimate of drug-likeness (QED) is 0.719. The van der Waals surface area contributed by atoms with Crippen LogP contribution in [0.1, 0.15) is 24.2 Å². The zero-order valence-electron chi connectivity index (χ0n) is 13.5. The molecule has 1 atom stereocenters. The maximum atomic E-state index is 11.9. The average Bonchev–Trinajstić information content (AvgIpc) is 2.60. The van der Waals surface area contributed by atoms with E-state index in [9.17, 15) is 9.90 Å². The molecule has 2 rings (SSSR count). The maximum Gasteiger partial charge on any atom is 0.315 e. The van der Waals surface area contributed by atoms with E-state index in [4.69, 9.17) is 16.3 Å². The Balaban J connectivity index is 1.80. The van der Waals surface area contributed by atoms with Crippen LogP contribution in [0.15, 0.2) is 48.5 Å². The highest BCUT2D eigenvalue weighted by Crippen LogP contribution is 2.18. The lowest BCUT2D eigenvalue weighted by atomic mass is 10.1. The fourth-order valence-electron chi connectivity index (χ4n) is 2.18. The molecule has 1 unspecified atom stereocenters. The Morgan fingerprint density at radius 1 is 1.17 bits per heavy atom. The zero-order chi connectivity index (χ0) is 17.4. The lowest BCUT2D eigenvalue weighted by Crippen LogP contribution is -2.37. The van der Waals surface area contributed by atoms with Gasteiger partial charge in [0.2, 0.25) is 0 Å². The van der Waals surface area contributed by atoms with Crippen LogP contribution in [0.2, 0.25) is 5.02 Å². The first-order valence-corrected chi connectivity index (χ1v) is 8.14. The summed E-state index contributed by atoms with van der Waals surface area (Å²) in [6.45, 7) is 2.94. The van der Waals surface area contributed by atoms with Gasteiger partial charge in [-0.15, -0.1) is 0 Å². The molecule has 2 aromatic rings. The molecule has 0 saturated heterocycles. The second-order valence-electron chi connectivity index (χ2n) is 5.17. The van der Waals surface area contributed by atoms with Gasteiger partial charge >= 0.3 is 6.03 Å². The third-order valence-electron chi connectivity index (χ3n) is 3.42. The molecule has 24 heavy (non-hydrogen) atoms. The van der Waals surface area contributed by atoms with Crippen molar-refractivity contribution in [2.45, 2.75) is 19.6 Å². The molecule has 5 nitrogen and oxygen atoms in total. The van der Waals surface area contributed by atoms with Crippen molar-refractivity contribution in [1.29, 1.82) is 0 Å². The summed E-state index contributed by atoms with van der Waals surface area (Å²) in [5, 5.41) is 16.1. The number of amides is 2. The van der Waals surface area contributed by atoms with Gasteiger partial charge in [-0.3, -0.25) is 0 Å². The van der Waals surface area contributed by atoms with Gasteiger partial charge in [0, 0.05) is 23.7 Å². The van der Waals surface area contributed by atoms with E-state index in [0.29, 0.717) is 23.7 Å². The standard InChI is InChI=1S/C18H21ClN2O3/c1-2-24-17-6-4-3-5-14(17)11-20-18(23)21-12-16(22)13-7-9-15(19)10-8-13/h3-10,16,22H,2,11-12H2,1H3,(H2,20,21,23). The molecule has 0 aliphatic heterocycles. The third-order valence-corrected chi connectivity index (χ3v) is 3.67. The molecule has 0 fully saturated rings. The average molecular weight is 349 g/mol. The van der Waals surface area contributed by atoms with Gasteiger partial charge < -0.3 is 20.5 Å². The minimum absolute atomic E-state index is 0.112. The molecule has 0 aromatic heterocycles. The summed E-state index contributed by atoms with van der Waals surface area (Å²) in [6, 6.07) is 14.0. The largest absolute Gasteiger partial charge is 0.494 e. The monoisotopic (exact) mass is 348 g/mol. The molecule has 0 spiro atoms. The van der Waals surface area contributed by atoms with Crippen LogP contribution < -0.4 is 15.4 Å². The number of carbonyl (C=O) groups excluding carboxylic acids is 1. The van der Waals surface area contributed by atoms with Gasteiger partial charge in [0.15, 0.2) is 0 Å². The molecule has 2 amide bonds. The summed E-state index contributed by atoms with van der Waals surface area (Å²) < 4.78 is 5.51. The number of halogens is 1. The van der Waals surface area contributed by atoms with Crippen molar-refractivity contribution in [1.82, 2.24) is 10.6 Å². The van der Waals surface area contributed by atoms with Crippen LogP contribution in [0.5, 0.6) is 5.75 Å². The van der Waals surface area contributed by atoms with Crippen LogP contribution in [0.3, 0.4) is 0 Å². The molecule has 2 aromatic carbocycles. The van der Waals surface area contributed by atoms with E-state index in [-0.39, 0.29) is 12.6 Å². The number of aliphatic hydroxyl groups is 1. The zero-order valence-corrected chi connectivity index (χ0v) is 14.2. The number of ether oxygens (including phenoxy) is 1. The van der Waals surface area contributed by atoms with E-state index in [1.54, 1.807) is 24.3 Å². The molecule has 0 aliphatic rings. The predicted molar refractivity (Wildman–Crippen MR) is 94.3 cm³/mol. The number of aliphatic hydroxyl groups excluding tert-OH is 1. The molecule has 0 bridgehead atoms. The van der Waals surface area contributed by atoms with Crippen LogP contribution in [-0.2, 0) is 6.54 Å². The Morgan fingerprint density at radius 2 is 1.88 bits per heavy atom. The fourth-order valence-corrected chi connectivity index (χ4v) is 2.30. The van der Waals surface area contributed by atoms with Crippen molar-refractivity contribution in [3.63, 3.8) is 0 Å². The number of hydrogen-bond acceptors (Lipinski definition) is 3. The number of hydrogen-bond donors (Lipinski definition) is 3. The van der Waals surface area contributed by atoms with Gasteiger partial charge in [0.05, 0.1) is 12.7 Å². The summed E-state index contributed by atoms with van der Waals surface area (Å²) in [5.74, 6) is 0.751. The van der Waals surface area contributed by atoms with E-state index < -0.39 is 6.10 Å². The highest BCUT2D eigenvalue weighted by Gasteiger charge is 2.10. The van der Waals surface area contributed by atoms with Crippen molar-refractivity contribution in [2.24, 2.45) is 0 Å². The summed E-state index contributed by atoms with van der Waals surface area (Å²) >= 11 is 5.81. The summed E-state index contributed by atoms with van der Waals surface area (Å²) in [4.78, 5) is 11.9. The lowest BCUT2D eigenvalue weighted by Gasteiger charge is -2.14. The van der Waals surface area contributed by atoms with Crippen molar-refractivity contribution in [3.05, 3.63) is 64.7 Å². The summed E-state index contributed by atoms with van der Waals surface area (Å²) in [5.41, 5.74) is 1.59. The molecule has 0 aliphatic carbocycles. The lowest BCUT2D eigenvalue weighted by molar-refractivity contribution is 0.173. The molecule has 0 saturated carbocycles. The Morgan fingerprint density at radius 3 is 2.58 bits per heavy atom. The van der Waals surface area contributed by atoms with Gasteiger partial charge in [-0.05, 0) is 30.7 Å². The van der Waals surface area contributed by atoms with Gasteiger partial charge in [-0.2, -0.15) is 0 Å². The predicted octanol–water partition coefficient (Wildman–Crippen LogP) is 3.27. The van der Waals surface area contributed by atoms with E-state index in [1.165, 1.54) is 0 Å². The molecule has 128 valence electrons. The fraction of sp³-hybridized carbons (Fsp3) is 0.278. The van der Waals surface area contributed by atoms with E-state index >= 15 is 0 Å². The number of rotatable bonds is 7. The molecular formula is C18H21ClN2O3. The molecular weight excluding hydrogens is 328 g/mol. The number of nitrogens with one attached hydrogen (secondary N) is 2. The summed E-state index contributed by atoms with van der Waals surface area (Å²) in [6.07, 6.45) is -0.788. The van der Waals surface area contributed by atoms with Gasteiger partial charge in [0.1, 0.15) is 5.75 Å². The first-order chi connectivity index (χ1) is 11.6. The Kier molecular flexibility index (Phi) is 6.90. The molecule has 6 heteroatoms. The SMILES string of the molecule is CCOc1ccccc1CNC(=O)NCC(O)c1ccc(Cl)cc1. The van der Waals surface area contributed by atoms with Crippen LogP contribution in [0.25, 0.3) is 0 Å². The number of para-hydroxylation sites is 1. The van der Waals surface area contributed by atoms with E-state index in [1.807, 2.05) is 31.2 Å². The smallest absolute Gasteiger partial charge is 0.315 e. The van der Waals surface area contributed by atoms with Crippen molar-refractivity contribution < 1.29 is 14.6 Å². The molecule has 3 N–H and O–H groups in total. The van der Waals surface area contributed by atoms with Crippen LogP contribution in [-0.4, -0.2) is 24.3 Å². The van der Waals surface area contributed by atoms with Gasteiger partial charge in [-0.1, -0.05) is 41.9 Å². The van der Waals surface area contributed by atoms with Crippen LogP contribution in [0.4, 0.5) is 4.79 Å². The van der Waals surface area contributed by atoms with E-state index in [0.717, 1.165) is 11.3 Å².